The summed E-state index contributed by atoms with van der Waals surface area (Å²) in [5.74, 6) is 1.16. The van der Waals surface area contributed by atoms with E-state index in [1.54, 1.807) is 12.3 Å². The van der Waals surface area contributed by atoms with Crippen LogP contribution in [0.25, 0.3) is 0 Å². The molecular weight excluding hydrogens is 314 g/mol. The van der Waals surface area contributed by atoms with Crippen molar-refractivity contribution in [2.45, 2.75) is 19.8 Å². The summed E-state index contributed by atoms with van der Waals surface area (Å²) in [4.78, 5) is 4.13. The van der Waals surface area contributed by atoms with Crippen molar-refractivity contribution in [1.29, 1.82) is 0 Å². The second-order valence-electron chi connectivity index (χ2n) is 3.94. The van der Waals surface area contributed by atoms with Gasteiger partial charge in [-0.3, -0.25) is 0 Å². The minimum atomic E-state index is 0.420. The van der Waals surface area contributed by atoms with Crippen LogP contribution in [-0.2, 0) is 6.42 Å². The molecule has 4 heteroatoms. The second-order valence-corrected chi connectivity index (χ2v) is 5.26. The summed E-state index contributed by atoms with van der Waals surface area (Å²) in [6.45, 7) is 2.16. The largest absolute Gasteiger partial charge is 0.438 e. The van der Waals surface area contributed by atoms with E-state index in [0.29, 0.717) is 10.9 Å². The lowest BCUT2D eigenvalue weighted by Crippen LogP contribution is -1.90. The summed E-state index contributed by atoms with van der Waals surface area (Å²) >= 11 is 9.35. The summed E-state index contributed by atoms with van der Waals surface area (Å²) in [6.07, 6.45) is 3.88. The standard InChI is InChI=1S/C14H13BrClNO/c1-2-3-10-4-6-12(7-5-10)18-14-13(16)8-11(15)9-17-14/h4-9H,2-3H2,1H3. The van der Waals surface area contributed by atoms with Gasteiger partial charge in [0, 0.05) is 10.7 Å². The van der Waals surface area contributed by atoms with Crippen molar-refractivity contribution in [1.82, 2.24) is 4.98 Å². The normalized spacial score (nSPS) is 10.4. The molecule has 0 spiro atoms. The third kappa shape index (κ3) is 3.47. The van der Waals surface area contributed by atoms with Gasteiger partial charge < -0.3 is 4.74 Å². The topological polar surface area (TPSA) is 22.1 Å². The molecule has 18 heavy (non-hydrogen) atoms. The molecule has 0 unspecified atom stereocenters. The predicted octanol–water partition coefficient (Wildman–Crippen LogP) is 5.24. The van der Waals surface area contributed by atoms with Crippen LogP contribution in [0.2, 0.25) is 5.02 Å². The zero-order valence-corrected chi connectivity index (χ0v) is 12.3. The minimum Gasteiger partial charge on any atom is -0.438 e. The molecule has 0 atom stereocenters. The predicted molar refractivity (Wildman–Crippen MR) is 77.5 cm³/mol. The number of halogens is 2. The number of rotatable bonds is 4. The molecule has 2 nitrogen and oxygen atoms in total. The highest BCUT2D eigenvalue weighted by molar-refractivity contribution is 9.10. The fourth-order valence-corrected chi connectivity index (χ4v) is 2.27. The molecule has 1 heterocycles. The van der Waals surface area contributed by atoms with Crippen molar-refractivity contribution in [2.24, 2.45) is 0 Å². The zero-order chi connectivity index (χ0) is 13.0. The molecule has 0 bridgehead atoms. The number of ether oxygens (including phenoxy) is 1. The van der Waals surface area contributed by atoms with Crippen LogP contribution >= 0.6 is 27.5 Å². The van der Waals surface area contributed by atoms with E-state index < -0.39 is 0 Å². The van der Waals surface area contributed by atoms with Crippen LogP contribution in [-0.4, -0.2) is 4.98 Å². The summed E-state index contributed by atoms with van der Waals surface area (Å²) in [7, 11) is 0. The van der Waals surface area contributed by atoms with Crippen LogP contribution in [0, 0.1) is 0 Å². The molecule has 2 aromatic rings. The van der Waals surface area contributed by atoms with Crippen LogP contribution in [0.1, 0.15) is 18.9 Å². The van der Waals surface area contributed by atoms with Crippen LogP contribution < -0.4 is 4.74 Å². The average Bonchev–Trinajstić information content (AvgIpc) is 2.35. The van der Waals surface area contributed by atoms with Gasteiger partial charge in [0.05, 0.1) is 0 Å². The zero-order valence-electron chi connectivity index (χ0n) is 9.99. The van der Waals surface area contributed by atoms with E-state index in [1.807, 2.05) is 12.1 Å². The molecule has 94 valence electrons. The number of aryl methyl sites for hydroxylation is 1. The lowest BCUT2D eigenvalue weighted by atomic mass is 10.1. The van der Waals surface area contributed by atoms with Gasteiger partial charge in [0.2, 0.25) is 5.88 Å². The van der Waals surface area contributed by atoms with Crippen molar-refractivity contribution in [3.05, 3.63) is 51.6 Å². The molecule has 0 radical (unpaired) electrons. The second kappa shape index (κ2) is 6.21. The first-order chi connectivity index (χ1) is 8.69. The van der Waals surface area contributed by atoms with E-state index in [0.717, 1.165) is 23.1 Å². The quantitative estimate of drug-likeness (QED) is 0.766. The molecule has 0 aliphatic carbocycles. The summed E-state index contributed by atoms with van der Waals surface area (Å²) in [6, 6.07) is 9.75. The SMILES string of the molecule is CCCc1ccc(Oc2ncc(Br)cc2Cl)cc1. The number of hydrogen-bond acceptors (Lipinski definition) is 2. The number of pyridine rings is 1. The van der Waals surface area contributed by atoms with Gasteiger partial charge in [0.1, 0.15) is 10.8 Å². The molecule has 0 amide bonds. The molecule has 0 aliphatic rings. The van der Waals surface area contributed by atoms with Crippen LogP contribution in [0.15, 0.2) is 41.0 Å². The van der Waals surface area contributed by atoms with Gasteiger partial charge in [-0.15, -0.1) is 0 Å². The van der Waals surface area contributed by atoms with E-state index in [1.165, 1.54) is 5.56 Å². The Balaban J connectivity index is 2.13. The van der Waals surface area contributed by atoms with Gasteiger partial charge in [-0.05, 0) is 46.1 Å². The van der Waals surface area contributed by atoms with Crippen molar-refractivity contribution < 1.29 is 4.74 Å². The van der Waals surface area contributed by atoms with E-state index in [2.05, 4.69) is 40.0 Å². The average molecular weight is 327 g/mol. The summed E-state index contributed by atoms with van der Waals surface area (Å²) in [5.41, 5.74) is 1.31. The Kier molecular flexibility index (Phi) is 4.61. The van der Waals surface area contributed by atoms with Gasteiger partial charge in [0.15, 0.2) is 0 Å². The number of benzene rings is 1. The fraction of sp³-hybridized carbons (Fsp3) is 0.214. The Morgan fingerprint density at radius 1 is 1.28 bits per heavy atom. The molecular formula is C14H13BrClNO. The lowest BCUT2D eigenvalue weighted by molar-refractivity contribution is 0.463. The fourth-order valence-electron chi connectivity index (χ4n) is 1.60. The van der Waals surface area contributed by atoms with Gasteiger partial charge in [-0.2, -0.15) is 0 Å². The summed E-state index contributed by atoms with van der Waals surface area (Å²) in [5, 5.41) is 0.488. The highest BCUT2D eigenvalue weighted by atomic mass is 79.9. The van der Waals surface area contributed by atoms with Crippen LogP contribution in [0.4, 0.5) is 0 Å². The first-order valence-corrected chi connectivity index (χ1v) is 6.94. The van der Waals surface area contributed by atoms with Crippen molar-refractivity contribution >= 4 is 27.5 Å². The Hall–Kier alpha value is -1.06. The smallest absolute Gasteiger partial charge is 0.238 e. The minimum absolute atomic E-state index is 0.420. The first kappa shape index (κ1) is 13.4. The van der Waals surface area contributed by atoms with Crippen molar-refractivity contribution in [3.8, 4) is 11.6 Å². The molecule has 0 saturated carbocycles. The Labute approximate surface area is 120 Å². The third-order valence-electron chi connectivity index (χ3n) is 2.45. The number of nitrogens with zero attached hydrogens (tertiary/aromatic N) is 1. The van der Waals surface area contributed by atoms with E-state index in [4.69, 9.17) is 16.3 Å². The van der Waals surface area contributed by atoms with Gasteiger partial charge in [-0.1, -0.05) is 37.1 Å². The first-order valence-electron chi connectivity index (χ1n) is 5.77. The van der Waals surface area contributed by atoms with E-state index in [-0.39, 0.29) is 0 Å². The lowest BCUT2D eigenvalue weighted by Gasteiger charge is -2.07. The Morgan fingerprint density at radius 3 is 2.61 bits per heavy atom. The summed E-state index contributed by atoms with van der Waals surface area (Å²) < 4.78 is 6.46. The Morgan fingerprint density at radius 2 is 2.00 bits per heavy atom. The molecule has 0 fully saturated rings. The maximum Gasteiger partial charge on any atom is 0.238 e. The number of aromatic nitrogens is 1. The number of hydrogen-bond donors (Lipinski definition) is 0. The molecule has 0 N–H and O–H groups in total. The van der Waals surface area contributed by atoms with E-state index >= 15 is 0 Å². The molecule has 0 aliphatic heterocycles. The highest BCUT2D eigenvalue weighted by Gasteiger charge is 2.05. The van der Waals surface area contributed by atoms with Gasteiger partial charge in [-0.25, -0.2) is 4.98 Å². The van der Waals surface area contributed by atoms with Crippen LogP contribution in [0.5, 0.6) is 11.6 Å². The van der Waals surface area contributed by atoms with Gasteiger partial charge >= 0.3 is 0 Å². The van der Waals surface area contributed by atoms with Gasteiger partial charge in [0.25, 0.3) is 0 Å². The molecule has 1 aromatic carbocycles. The Bertz CT molecular complexity index is 528. The van der Waals surface area contributed by atoms with Crippen molar-refractivity contribution in [3.63, 3.8) is 0 Å². The maximum absolute atomic E-state index is 6.04. The molecule has 0 saturated heterocycles. The van der Waals surface area contributed by atoms with Crippen LogP contribution in [0.3, 0.4) is 0 Å². The van der Waals surface area contributed by atoms with Crippen molar-refractivity contribution in [2.75, 3.05) is 0 Å². The highest BCUT2D eigenvalue weighted by Crippen LogP contribution is 2.29. The molecule has 2 rings (SSSR count). The maximum atomic E-state index is 6.04. The van der Waals surface area contributed by atoms with E-state index in [9.17, 15) is 0 Å². The monoisotopic (exact) mass is 325 g/mol. The molecule has 1 aromatic heterocycles. The third-order valence-corrected chi connectivity index (χ3v) is 3.16.